The molecule has 0 aliphatic heterocycles. The smallest absolute Gasteiger partial charge is 0.296 e. The van der Waals surface area contributed by atoms with Gasteiger partial charge in [0.15, 0.2) is 0 Å². The van der Waals surface area contributed by atoms with Gasteiger partial charge in [0.2, 0.25) is 0 Å². The summed E-state index contributed by atoms with van der Waals surface area (Å²) in [6.07, 6.45) is 3.59. The lowest BCUT2D eigenvalue weighted by Gasteiger charge is -2.05. The summed E-state index contributed by atoms with van der Waals surface area (Å²) in [5.41, 5.74) is 0. The van der Waals surface area contributed by atoms with Crippen LogP contribution >= 0.6 is 0 Å². The monoisotopic (exact) mass is 170 g/mol. The molecular weight excluding hydrogens is 156 g/mol. The molecule has 12 heavy (non-hydrogen) atoms. The summed E-state index contributed by atoms with van der Waals surface area (Å²) in [4.78, 5) is 4.00. The molecule has 0 aromatic carbocycles. The first kappa shape index (κ1) is 9.06. The Morgan fingerprint density at radius 1 is 1.58 bits per heavy atom. The summed E-state index contributed by atoms with van der Waals surface area (Å²) >= 11 is 0. The fourth-order valence-corrected chi connectivity index (χ4v) is 0.963. The summed E-state index contributed by atoms with van der Waals surface area (Å²) in [5.74, 6) is 0. The summed E-state index contributed by atoms with van der Waals surface area (Å²) in [5, 5.41) is 0. The average Bonchev–Trinajstić information content (AvgIpc) is 2.52. The molecule has 0 aliphatic carbocycles. The standard InChI is InChI=1S/C8H14N2O2/c1-3-12-7-6-10-5-4-9-8(10)11-2/h4-5H,3,6-7H2,1-2H3. The average molecular weight is 170 g/mol. The van der Waals surface area contributed by atoms with Crippen molar-refractivity contribution >= 4 is 0 Å². The third-order valence-electron chi connectivity index (χ3n) is 1.54. The van der Waals surface area contributed by atoms with E-state index in [9.17, 15) is 0 Å². The highest BCUT2D eigenvalue weighted by molar-refractivity contribution is 4.97. The SMILES string of the molecule is CCOCCn1ccnc1OC. The first-order chi connectivity index (χ1) is 5.88. The lowest BCUT2D eigenvalue weighted by Crippen LogP contribution is -2.06. The largest absolute Gasteiger partial charge is 0.468 e. The van der Waals surface area contributed by atoms with E-state index < -0.39 is 0 Å². The lowest BCUT2D eigenvalue weighted by molar-refractivity contribution is 0.136. The van der Waals surface area contributed by atoms with E-state index in [0.29, 0.717) is 12.6 Å². The van der Waals surface area contributed by atoms with Crippen LogP contribution in [-0.4, -0.2) is 29.9 Å². The molecule has 4 nitrogen and oxygen atoms in total. The second-order valence-electron chi connectivity index (χ2n) is 2.30. The molecule has 1 aromatic heterocycles. The second kappa shape index (κ2) is 4.77. The maximum absolute atomic E-state index is 5.20. The van der Waals surface area contributed by atoms with E-state index in [1.54, 1.807) is 13.3 Å². The zero-order chi connectivity index (χ0) is 8.81. The van der Waals surface area contributed by atoms with Crippen molar-refractivity contribution in [2.75, 3.05) is 20.3 Å². The van der Waals surface area contributed by atoms with Gasteiger partial charge in [0, 0.05) is 19.0 Å². The third-order valence-corrected chi connectivity index (χ3v) is 1.54. The van der Waals surface area contributed by atoms with E-state index in [2.05, 4.69) is 4.98 Å². The Balaban J connectivity index is 2.39. The van der Waals surface area contributed by atoms with Crippen LogP contribution in [0.4, 0.5) is 0 Å². The normalized spacial score (nSPS) is 10.2. The second-order valence-corrected chi connectivity index (χ2v) is 2.30. The highest BCUT2D eigenvalue weighted by Crippen LogP contribution is 2.05. The van der Waals surface area contributed by atoms with Gasteiger partial charge in [-0.05, 0) is 6.92 Å². The molecule has 0 N–H and O–H groups in total. The minimum absolute atomic E-state index is 0.634. The molecular formula is C8H14N2O2. The molecule has 0 saturated heterocycles. The van der Waals surface area contributed by atoms with E-state index >= 15 is 0 Å². The molecule has 68 valence electrons. The summed E-state index contributed by atoms with van der Waals surface area (Å²) < 4.78 is 12.1. The Morgan fingerprint density at radius 2 is 2.42 bits per heavy atom. The fraction of sp³-hybridized carbons (Fsp3) is 0.625. The number of hydrogen-bond donors (Lipinski definition) is 0. The van der Waals surface area contributed by atoms with Crippen molar-refractivity contribution in [1.82, 2.24) is 9.55 Å². The fourth-order valence-electron chi connectivity index (χ4n) is 0.963. The summed E-state index contributed by atoms with van der Waals surface area (Å²) in [6.45, 7) is 4.21. The molecule has 1 rings (SSSR count). The molecule has 0 radical (unpaired) electrons. The van der Waals surface area contributed by atoms with E-state index in [1.165, 1.54) is 0 Å². The van der Waals surface area contributed by atoms with Crippen molar-refractivity contribution in [2.24, 2.45) is 0 Å². The van der Waals surface area contributed by atoms with Crippen LogP contribution in [0.1, 0.15) is 6.92 Å². The van der Waals surface area contributed by atoms with Crippen molar-refractivity contribution < 1.29 is 9.47 Å². The van der Waals surface area contributed by atoms with Crippen LogP contribution in [0.5, 0.6) is 6.01 Å². The van der Waals surface area contributed by atoms with Crippen molar-refractivity contribution in [3.05, 3.63) is 12.4 Å². The Bertz CT molecular complexity index is 223. The van der Waals surface area contributed by atoms with Crippen LogP contribution < -0.4 is 4.74 Å². The van der Waals surface area contributed by atoms with Crippen LogP contribution in [0, 0.1) is 0 Å². The molecule has 0 bridgehead atoms. The summed E-state index contributed by atoms with van der Waals surface area (Å²) in [6, 6.07) is 0.634. The Labute approximate surface area is 72.1 Å². The molecule has 4 heteroatoms. The predicted octanol–water partition coefficient (Wildman–Crippen LogP) is 0.928. The number of aromatic nitrogens is 2. The number of methoxy groups -OCH3 is 1. The molecule has 0 spiro atoms. The number of rotatable bonds is 5. The number of ether oxygens (including phenoxy) is 2. The molecule has 0 atom stereocenters. The first-order valence-electron chi connectivity index (χ1n) is 4.01. The zero-order valence-corrected chi connectivity index (χ0v) is 7.49. The van der Waals surface area contributed by atoms with Crippen molar-refractivity contribution in [2.45, 2.75) is 13.5 Å². The van der Waals surface area contributed by atoms with Crippen LogP contribution in [0.15, 0.2) is 12.4 Å². The van der Waals surface area contributed by atoms with Crippen LogP contribution in [0.3, 0.4) is 0 Å². The van der Waals surface area contributed by atoms with E-state index in [0.717, 1.165) is 13.2 Å². The first-order valence-corrected chi connectivity index (χ1v) is 4.01. The number of imidazole rings is 1. The van der Waals surface area contributed by atoms with Crippen molar-refractivity contribution in [3.63, 3.8) is 0 Å². The van der Waals surface area contributed by atoms with Gasteiger partial charge in [-0.1, -0.05) is 0 Å². The van der Waals surface area contributed by atoms with Gasteiger partial charge in [0.05, 0.1) is 20.3 Å². The zero-order valence-electron chi connectivity index (χ0n) is 7.49. The van der Waals surface area contributed by atoms with Crippen LogP contribution in [-0.2, 0) is 11.3 Å². The van der Waals surface area contributed by atoms with E-state index in [4.69, 9.17) is 9.47 Å². The molecule has 0 amide bonds. The Hall–Kier alpha value is -1.03. The van der Waals surface area contributed by atoms with Gasteiger partial charge in [0.1, 0.15) is 0 Å². The van der Waals surface area contributed by atoms with E-state index in [-0.39, 0.29) is 0 Å². The van der Waals surface area contributed by atoms with Gasteiger partial charge in [-0.2, -0.15) is 0 Å². The molecule has 0 saturated carbocycles. The van der Waals surface area contributed by atoms with Gasteiger partial charge in [-0.3, -0.25) is 4.57 Å². The van der Waals surface area contributed by atoms with Gasteiger partial charge >= 0.3 is 0 Å². The van der Waals surface area contributed by atoms with Crippen molar-refractivity contribution in [3.8, 4) is 6.01 Å². The van der Waals surface area contributed by atoms with Crippen LogP contribution in [0.2, 0.25) is 0 Å². The van der Waals surface area contributed by atoms with E-state index in [1.807, 2.05) is 17.7 Å². The highest BCUT2D eigenvalue weighted by atomic mass is 16.5. The third kappa shape index (κ3) is 2.23. The lowest BCUT2D eigenvalue weighted by atomic mass is 10.6. The minimum atomic E-state index is 0.634. The van der Waals surface area contributed by atoms with Gasteiger partial charge in [-0.25, -0.2) is 4.98 Å². The maximum atomic E-state index is 5.20. The van der Waals surface area contributed by atoms with Gasteiger partial charge in [0.25, 0.3) is 6.01 Å². The molecule has 1 heterocycles. The van der Waals surface area contributed by atoms with Crippen molar-refractivity contribution in [1.29, 1.82) is 0 Å². The topological polar surface area (TPSA) is 36.3 Å². The number of hydrogen-bond acceptors (Lipinski definition) is 3. The Morgan fingerprint density at radius 3 is 3.08 bits per heavy atom. The maximum Gasteiger partial charge on any atom is 0.296 e. The predicted molar refractivity (Wildman–Crippen MR) is 45.3 cm³/mol. The minimum Gasteiger partial charge on any atom is -0.468 e. The molecule has 0 fully saturated rings. The summed E-state index contributed by atoms with van der Waals surface area (Å²) in [7, 11) is 1.61. The molecule has 0 aliphatic rings. The molecule has 1 aromatic rings. The number of nitrogens with zero attached hydrogens (tertiary/aromatic N) is 2. The Kier molecular flexibility index (Phi) is 3.60. The molecule has 0 unspecified atom stereocenters. The van der Waals surface area contributed by atoms with Gasteiger partial charge < -0.3 is 9.47 Å². The quantitative estimate of drug-likeness (QED) is 0.617. The highest BCUT2D eigenvalue weighted by Gasteiger charge is 1.99. The van der Waals surface area contributed by atoms with Crippen LogP contribution in [0.25, 0.3) is 0 Å². The van der Waals surface area contributed by atoms with Gasteiger partial charge in [-0.15, -0.1) is 0 Å².